The van der Waals surface area contributed by atoms with E-state index >= 15 is 0 Å². The number of aliphatic carboxylic acids is 1. The first-order valence-corrected chi connectivity index (χ1v) is 11.2. The summed E-state index contributed by atoms with van der Waals surface area (Å²) in [7, 11) is 0. The van der Waals surface area contributed by atoms with Gasteiger partial charge in [-0.25, -0.2) is 0 Å². The molecule has 2 heterocycles. The van der Waals surface area contributed by atoms with E-state index in [-0.39, 0.29) is 12.5 Å². The van der Waals surface area contributed by atoms with Gasteiger partial charge in [-0.1, -0.05) is 31.1 Å². The first-order valence-electron chi connectivity index (χ1n) is 10.2. The molecule has 0 aromatic carbocycles. The fourth-order valence-electron chi connectivity index (χ4n) is 4.77. The summed E-state index contributed by atoms with van der Waals surface area (Å²) >= 11 is 1.76. The fourth-order valence-corrected chi connectivity index (χ4v) is 5.59. The molecule has 26 heavy (non-hydrogen) atoms. The lowest BCUT2D eigenvalue weighted by Crippen LogP contribution is -2.27. The Morgan fingerprint density at radius 3 is 2.73 bits per heavy atom. The number of hydrogen-bond donors (Lipinski definition) is 2. The van der Waals surface area contributed by atoms with Gasteiger partial charge < -0.3 is 14.9 Å². The summed E-state index contributed by atoms with van der Waals surface area (Å²) in [6, 6.07) is 0. The predicted octanol–water partition coefficient (Wildman–Crippen LogP) is 4.39. The van der Waals surface area contributed by atoms with Crippen molar-refractivity contribution in [3.05, 3.63) is 23.6 Å². The highest BCUT2D eigenvalue weighted by molar-refractivity contribution is 8.02. The molecule has 5 heteroatoms. The summed E-state index contributed by atoms with van der Waals surface area (Å²) in [5.41, 5.74) is 0. The fraction of sp³-hybridized carbons (Fsp3) is 0.762. The van der Waals surface area contributed by atoms with Gasteiger partial charge in [0.25, 0.3) is 0 Å². The number of aliphatic hydroxyl groups excluding tert-OH is 1. The van der Waals surface area contributed by atoms with Crippen molar-refractivity contribution in [1.29, 1.82) is 0 Å². The molecule has 0 amide bonds. The molecule has 1 saturated carbocycles. The summed E-state index contributed by atoms with van der Waals surface area (Å²) in [5, 5.41) is 21.1. The largest absolute Gasteiger partial charge is 0.481 e. The molecule has 0 aromatic rings. The monoisotopic (exact) mass is 380 g/mol. The average molecular weight is 381 g/mol. The zero-order valence-corrected chi connectivity index (χ0v) is 16.3. The van der Waals surface area contributed by atoms with Crippen LogP contribution in [0.4, 0.5) is 0 Å². The second-order valence-corrected chi connectivity index (χ2v) is 8.93. The molecule has 2 bridgehead atoms. The third-order valence-corrected chi connectivity index (χ3v) is 7.04. The van der Waals surface area contributed by atoms with Gasteiger partial charge in [-0.2, -0.15) is 0 Å². The molecule has 0 radical (unpaired) electrons. The Morgan fingerprint density at radius 2 is 1.96 bits per heavy atom. The van der Waals surface area contributed by atoms with Crippen molar-refractivity contribution >= 4 is 17.7 Å². The quantitative estimate of drug-likeness (QED) is 0.435. The lowest BCUT2D eigenvalue weighted by molar-refractivity contribution is -0.136. The zero-order valence-electron chi connectivity index (χ0n) is 15.5. The van der Waals surface area contributed by atoms with Gasteiger partial charge in [-0.15, -0.1) is 11.8 Å². The van der Waals surface area contributed by atoms with Gasteiger partial charge in [-0.3, -0.25) is 4.79 Å². The summed E-state index contributed by atoms with van der Waals surface area (Å²) < 4.78 is 6.15. The number of allylic oxidation sites excluding steroid dienone is 1. The van der Waals surface area contributed by atoms with E-state index in [0.29, 0.717) is 36.4 Å². The second-order valence-electron chi connectivity index (χ2n) is 7.92. The van der Waals surface area contributed by atoms with Crippen LogP contribution < -0.4 is 0 Å². The van der Waals surface area contributed by atoms with Crippen LogP contribution in [0.3, 0.4) is 0 Å². The van der Waals surface area contributed by atoms with Gasteiger partial charge in [0.2, 0.25) is 0 Å². The summed E-state index contributed by atoms with van der Waals surface area (Å²) in [4.78, 5) is 10.5. The molecule has 3 fully saturated rings. The number of hydrogen-bond acceptors (Lipinski definition) is 4. The predicted molar refractivity (Wildman–Crippen MR) is 105 cm³/mol. The Balaban J connectivity index is 1.44. The lowest BCUT2D eigenvalue weighted by Gasteiger charge is -2.26. The van der Waals surface area contributed by atoms with Crippen LogP contribution >= 0.6 is 11.8 Å². The minimum absolute atomic E-state index is 0.202. The Hall–Kier alpha value is -0.780. The van der Waals surface area contributed by atoms with Crippen LogP contribution in [0.1, 0.15) is 57.8 Å². The van der Waals surface area contributed by atoms with Crippen molar-refractivity contribution in [3.63, 3.8) is 0 Å². The highest BCUT2D eigenvalue weighted by Crippen LogP contribution is 2.46. The third kappa shape index (κ3) is 5.37. The van der Waals surface area contributed by atoms with E-state index in [4.69, 9.17) is 9.84 Å². The smallest absolute Gasteiger partial charge is 0.303 e. The Bertz CT molecular complexity index is 512. The van der Waals surface area contributed by atoms with Crippen LogP contribution in [0.25, 0.3) is 0 Å². The van der Waals surface area contributed by atoms with Crippen LogP contribution in [0.2, 0.25) is 0 Å². The lowest BCUT2D eigenvalue weighted by atomic mass is 9.77. The molecule has 2 N–H and O–H groups in total. The number of thioether (sulfide) groups is 1. The highest BCUT2D eigenvalue weighted by atomic mass is 32.2. The first-order chi connectivity index (χ1) is 12.6. The molecule has 3 aliphatic rings. The minimum Gasteiger partial charge on any atom is -0.481 e. The van der Waals surface area contributed by atoms with Crippen molar-refractivity contribution in [2.75, 3.05) is 5.75 Å². The number of ether oxygens (including phenoxy) is 1. The number of carboxylic acids is 1. The number of fused-ring (bicyclic) bond motifs is 2. The molecule has 1 aliphatic carbocycles. The Labute approximate surface area is 161 Å². The molecule has 146 valence electrons. The van der Waals surface area contributed by atoms with Crippen molar-refractivity contribution in [2.45, 2.75) is 76.1 Å². The van der Waals surface area contributed by atoms with Gasteiger partial charge in [0.05, 0.1) is 18.3 Å². The minimum atomic E-state index is -0.742. The van der Waals surface area contributed by atoms with Crippen molar-refractivity contribution in [1.82, 2.24) is 0 Å². The molecule has 3 rings (SSSR count). The van der Waals surface area contributed by atoms with Crippen molar-refractivity contribution in [3.8, 4) is 0 Å². The number of rotatable bonds is 10. The van der Waals surface area contributed by atoms with Crippen molar-refractivity contribution in [2.24, 2.45) is 17.8 Å². The molecule has 0 aromatic heterocycles. The van der Waals surface area contributed by atoms with Gasteiger partial charge in [0, 0.05) is 12.3 Å². The summed E-state index contributed by atoms with van der Waals surface area (Å²) in [6.45, 7) is 0. The van der Waals surface area contributed by atoms with Crippen LogP contribution in [0.5, 0.6) is 0 Å². The summed E-state index contributed by atoms with van der Waals surface area (Å²) in [5.74, 6) is 1.75. The van der Waals surface area contributed by atoms with E-state index in [1.165, 1.54) is 19.3 Å². The molecule has 0 spiro atoms. The maximum Gasteiger partial charge on any atom is 0.303 e. The highest BCUT2D eigenvalue weighted by Gasteiger charge is 2.47. The number of carbonyl (C=O) groups is 1. The van der Waals surface area contributed by atoms with E-state index in [9.17, 15) is 9.90 Å². The molecule has 5 atom stereocenters. The summed E-state index contributed by atoms with van der Waals surface area (Å²) in [6.07, 6.45) is 15.8. The van der Waals surface area contributed by atoms with Crippen LogP contribution in [0.15, 0.2) is 23.6 Å². The number of aliphatic hydroxyl groups is 1. The van der Waals surface area contributed by atoms with E-state index in [1.54, 1.807) is 11.8 Å². The normalized spacial score (nSPS) is 33.0. The maximum absolute atomic E-state index is 10.5. The van der Waals surface area contributed by atoms with Gasteiger partial charge >= 0.3 is 5.97 Å². The number of carboxylic acid groups (broad SMARTS) is 1. The average Bonchev–Trinajstić information content (AvgIpc) is 3.35. The molecular formula is C21H32O4S. The standard InChI is InChI=1S/C21H32O4S/c22-18(15-5-1-2-6-15)9-8-16-17(20-11-10-19(16)25-20)12-14-26-13-4-3-7-21(23)24/h4,8-9,13,15-20,22H,1-3,5-7,10-12,14H2,(H,23,24)/b9-8+,13-4?/t16-,17+,18?,19-,20+/m0/s1. The van der Waals surface area contributed by atoms with Crippen LogP contribution in [-0.2, 0) is 9.53 Å². The first kappa shape index (κ1) is 20.0. The van der Waals surface area contributed by atoms with Crippen molar-refractivity contribution < 1.29 is 19.7 Å². The van der Waals surface area contributed by atoms with Gasteiger partial charge in [0.1, 0.15) is 0 Å². The molecule has 2 aliphatic heterocycles. The van der Waals surface area contributed by atoms with Crippen LogP contribution in [0, 0.1) is 17.8 Å². The van der Waals surface area contributed by atoms with Gasteiger partial charge in [-0.05, 0) is 61.5 Å². The van der Waals surface area contributed by atoms with E-state index in [1.807, 2.05) is 11.5 Å². The van der Waals surface area contributed by atoms with Gasteiger partial charge in [0.15, 0.2) is 0 Å². The molecular weight excluding hydrogens is 348 g/mol. The zero-order chi connectivity index (χ0) is 18.4. The SMILES string of the molecule is O=C(O)CCC=CSCC[C@@H]1[C@H](/C=C/C(O)C2CCCC2)[C@@H]2CC[C@H]1O2. The Morgan fingerprint density at radius 1 is 1.19 bits per heavy atom. The van der Waals surface area contributed by atoms with E-state index < -0.39 is 5.97 Å². The third-order valence-electron chi connectivity index (χ3n) is 6.19. The molecule has 1 unspecified atom stereocenters. The molecule has 4 nitrogen and oxygen atoms in total. The van der Waals surface area contributed by atoms with E-state index in [2.05, 4.69) is 12.2 Å². The van der Waals surface area contributed by atoms with Crippen LogP contribution in [-0.4, -0.2) is 40.2 Å². The Kier molecular flexibility index (Phi) is 7.64. The van der Waals surface area contributed by atoms with E-state index in [0.717, 1.165) is 31.4 Å². The maximum atomic E-state index is 10.5. The molecule has 2 saturated heterocycles. The topological polar surface area (TPSA) is 66.8 Å². The second kappa shape index (κ2) is 9.95.